The molecular weight excluding hydrogens is 412 g/mol. The molecule has 0 spiro atoms. The average molecular weight is 437 g/mol. The average Bonchev–Trinajstić information content (AvgIpc) is 3.38. The predicted molar refractivity (Wildman–Crippen MR) is 122 cm³/mol. The fourth-order valence-corrected chi connectivity index (χ4v) is 4.98. The Balaban J connectivity index is 1.17. The van der Waals surface area contributed by atoms with Gasteiger partial charge in [0.2, 0.25) is 5.91 Å². The van der Waals surface area contributed by atoms with Crippen LogP contribution in [0.5, 0.6) is 5.75 Å². The smallest absolute Gasteiger partial charge is 0.240 e. The number of hydrogen-bond acceptors (Lipinski definition) is 7. The van der Waals surface area contributed by atoms with Gasteiger partial charge in [0.25, 0.3) is 0 Å². The highest BCUT2D eigenvalue weighted by Crippen LogP contribution is 2.29. The molecule has 8 nitrogen and oxygen atoms in total. The van der Waals surface area contributed by atoms with Crippen molar-refractivity contribution in [2.24, 2.45) is 0 Å². The molecule has 1 aromatic carbocycles. The summed E-state index contributed by atoms with van der Waals surface area (Å²) in [6.07, 6.45) is 5.63. The van der Waals surface area contributed by atoms with Crippen LogP contribution in [-0.4, -0.2) is 56.6 Å². The lowest BCUT2D eigenvalue weighted by molar-refractivity contribution is -0.117. The second-order valence-electron chi connectivity index (χ2n) is 7.64. The minimum absolute atomic E-state index is 0.0303. The van der Waals surface area contributed by atoms with Crippen LogP contribution in [0.25, 0.3) is 21.4 Å². The van der Waals surface area contributed by atoms with Crippen LogP contribution in [-0.2, 0) is 4.79 Å². The van der Waals surface area contributed by atoms with Gasteiger partial charge in [-0.3, -0.25) is 9.69 Å². The van der Waals surface area contributed by atoms with Crippen LogP contribution >= 0.6 is 11.3 Å². The van der Waals surface area contributed by atoms with E-state index in [1.807, 2.05) is 43.6 Å². The van der Waals surface area contributed by atoms with E-state index >= 15 is 0 Å². The van der Waals surface area contributed by atoms with Gasteiger partial charge in [-0.15, -0.1) is 0 Å². The number of amides is 1. The van der Waals surface area contributed by atoms with Crippen molar-refractivity contribution < 1.29 is 9.53 Å². The van der Waals surface area contributed by atoms with E-state index in [0.717, 1.165) is 53.1 Å². The Hall–Kier alpha value is -3.04. The maximum atomic E-state index is 12.6. The summed E-state index contributed by atoms with van der Waals surface area (Å²) >= 11 is 1.47. The minimum atomic E-state index is -0.0303. The summed E-state index contributed by atoms with van der Waals surface area (Å²) in [6, 6.07) is 10.0. The number of benzene rings is 1. The maximum Gasteiger partial charge on any atom is 0.240 e. The Kier molecular flexibility index (Phi) is 5.52. The number of fused-ring (bicyclic) bond motifs is 2. The second-order valence-corrected chi connectivity index (χ2v) is 8.67. The van der Waals surface area contributed by atoms with Gasteiger partial charge in [-0.1, -0.05) is 11.3 Å². The third-order valence-electron chi connectivity index (χ3n) is 5.57. The lowest BCUT2D eigenvalue weighted by Gasteiger charge is -2.32. The van der Waals surface area contributed by atoms with Gasteiger partial charge in [0, 0.05) is 25.3 Å². The van der Waals surface area contributed by atoms with Crippen LogP contribution < -0.4 is 10.1 Å². The van der Waals surface area contributed by atoms with Crippen molar-refractivity contribution in [2.75, 3.05) is 31.6 Å². The lowest BCUT2D eigenvalue weighted by atomic mass is 10.0. The van der Waals surface area contributed by atoms with E-state index < -0.39 is 0 Å². The number of carbonyl (C=O) groups is 1. The van der Waals surface area contributed by atoms with Crippen LogP contribution in [0.4, 0.5) is 5.13 Å². The molecule has 1 N–H and O–H groups in total. The van der Waals surface area contributed by atoms with E-state index in [1.54, 1.807) is 6.20 Å². The summed E-state index contributed by atoms with van der Waals surface area (Å²) in [4.78, 5) is 28.2. The maximum absolute atomic E-state index is 12.6. The van der Waals surface area contributed by atoms with Gasteiger partial charge in [-0.25, -0.2) is 15.0 Å². The first kappa shape index (κ1) is 19.9. The summed E-state index contributed by atoms with van der Waals surface area (Å²) in [5.74, 6) is 0.789. The Morgan fingerprint density at radius 2 is 2.10 bits per heavy atom. The van der Waals surface area contributed by atoms with E-state index in [1.165, 1.54) is 11.3 Å². The topological polar surface area (TPSA) is 85.2 Å². The number of carbonyl (C=O) groups excluding carboxylic acids is 1. The molecule has 1 aliphatic rings. The number of nitrogens with one attached hydrogen (secondary N) is 1. The first-order valence-corrected chi connectivity index (χ1v) is 11.3. The lowest BCUT2D eigenvalue weighted by Crippen LogP contribution is -2.39. The molecule has 1 amide bonds. The number of anilines is 1. The molecule has 4 heterocycles. The van der Waals surface area contributed by atoms with Crippen LogP contribution in [0, 0.1) is 0 Å². The predicted octanol–water partition coefficient (Wildman–Crippen LogP) is 3.72. The number of imidazole rings is 1. The standard InChI is InChI=1S/C22H24N6O2S/c1-2-30-16-5-6-17-19(12-16)31-22(25-17)26-20(29)13-27-10-7-15(8-11-27)28-14-24-18-4-3-9-23-21(18)28/h3-6,9,12,14-15H,2,7-8,10-11,13H2,1H3,(H,25,26,29). The highest BCUT2D eigenvalue weighted by Gasteiger charge is 2.23. The van der Waals surface area contributed by atoms with Crippen molar-refractivity contribution in [3.8, 4) is 5.75 Å². The van der Waals surface area contributed by atoms with Crippen molar-refractivity contribution in [1.29, 1.82) is 0 Å². The highest BCUT2D eigenvalue weighted by atomic mass is 32.1. The van der Waals surface area contributed by atoms with Crippen LogP contribution in [0.15, 0.2) is 42.9 Å². The van der Waals surface area contributed by atoms with E-state index in [0.29, 0.717) is 24.3 Å². The third-order valence-corrected chi connectivity index (χ3v) is 6.50. The van der Waals surface area contributed by atoms with E-state index in [2.05, 4.69) is 29.7 Å². The van der Waals surface area contributed by atoms with E-state index in [4.69, 9.17) is 4.74 Å². The monoisotopic (exact) mass is 436 g/mol. The molecule has 0 saturated carbocycles. The Bertz CT molecular complexity index is 1210. The number of piperidine rings is 1. The number of rotatable bonds is 6. The third kappa shape index (κ3) is 4.24. The van der Waals surface area contributed by atoms with Gasteiger partial charge in [0.1, 0.15) is 11.3 Å². The Morgan fingerprint density at radius 1 is 1.23 bits per heavy atom. The van der Waals surface area contributed by atoms with Gasteiger partial charge in [0.15, 0.2) is 10.8 Å². The minimum Gasteiger partial charge on any atom is -0.494 e. The number of ether oxygens (including phenoxy) is 1. The zero-order valence-corrected chi connectivity index (χ0v) is 18.1. The molecule has 5 rings (SSSR count). The molecule has 4 aromatic rings. The first-order valence-electron chi connectivity index (χ1n) is 10.5. The number of pyridine rings is 1. The summed E-state index contributed by atoms with van der Waals surface area (Å²) in [7, 11) is 0. The summed E-state index contributed by atoms with van der Waals surface area (Å²) in [5, 5.41) is 3.58. The first-order chi connectivity index (χ1) is 15.2. The van der Waals surface area contributed by atoms with Crippen LogP contribution in [0.1, 0.15) is 25.8 Å². The van der Waals surface area contributed by atoms with Crippen molar-refractivity contribution in [1.82, 2.24) is 24.4 Å². The molecule has 1 fully saturated rings. The molecular formula is C22H24N6O2S. The number of hydrogen-bond donors (Lipinski definition) is 1. The summed E-state index contributed by atoms with van der Waals surface area (Å²) in [5.41, 5.74) is 2.72. The second kappa shape index (κ2) is 8.60. The number of aromatic nitrogens is 4. The van der Waals surface area contributed by atoms with Gasteiger partial charge >= 0.3 is 0 Å². The zero-order valence-electron chi connectivity index (χ0n) is 17.3. The molecule has 9 heteroatoms. The zero-order chi connectivity index (χ0) is 21.2. The molecule has 0 radical (unpaired) electrons. The SMILES string of the molecule is CCOc1ccc2nc(NC(=O)CN3CCC(n4cnc5cccnc54)CC3)sc2c1. The molecule has 1 saturated heterocycles. The van der Waals surface area contributed by atoms with Gasteiger partial charge in [-0.2, -0.15) is 0 Å². The number of thiazole rings is 1. The van der Waals surface area contributed by atoms with Crippen molar-refractivity contribution in [3.05, 3.63) is 42.9 Å². The van der Waals surface area contributed by atoms with Crippen molar-refractivity contribution in [3.63, 3.8) is 0 Å². The molecule has 1 aliphatic heterocycles. The van der Waals surface area contributed by atoms with Crippen LogP contribution in [0.2, 0.25) is 0 Å². The summed E-state index contributed by atoms with van der Waals surface area (Å²) < 4.78 is 8.71. The van der Waals surface area contributed by atoms with E-state index in [-0.39, 0.29) is 5.91 Å². The quantitative estimate of drug-likeness (QED) is 0.496. The largest absolute Gasteiger partial charge is 0.494 e. The van der Waals surface area contributed by atoms with E-state index in [9.17, 15) is 4.79 Å². The normalized spacial score (nSPS) is 15.5. The van der Waals surface area contributed by atoms with Crippen molar-refractivity contribution >= 4 is 43.8 Å². The van der Waals surface area contributed by atoms with Gasteiger partial charge in [0.05, 0.1) is 29.7 Å². The highest BCUT2D eigenvalue weighted by molar-refractivity contribution is 7.22. The molecule has 0 aliphatic carbocycles. The number of likely N-dealkylation sites (tertiary alicyclic amines) is 1. The molecule has 0 bridgehead atoms. The molecule has 160 valence electrons. The number of nitrogens with zero attached hydrogens (tertiary/aromatic N) is 5. The van der Waals surface area contributed by atoms with Gasteiger partial charge < -0.3 is 14.6 Å². The molecule has 31 heavy (non-hydrogen) atoms. The molecule has 0 unspecified atom stereocenters. The van der Waals surface area contributed by atoms with Crippen LogP contribution in [0.3, 0.4) is 0 Å². The van der Waals surface area contributed by atoms with Crippen molar-refractivity contribution in [2.45, 2.75) is 25.8 Å². The molecule has 3 aromatic heterocycles. The fourth-order valence-electron chi connectivity index (χ4n) is 4.07. The Morgan fingerprint density at radius 3 is 2.94 bits per heavy atom. The molecule has 0 atom stereocenters. The van der Waals surface area contributed by atoms with Gasteiger partial charge in [-0.05, 0) is 50.1 Å². The Labute approximate surface area is 183 Å². The fraction of sp³-hybridized carbons (Fsp3) is 0.364. The summed E-state index contributed by atoms with van der Waals surface area (Å²) in [6.45, 7) is 4.68.